The highest BCUT2D eigenvalue weighted by Gasteiger charge is 2.23. The van der Waals surface area contributed by atoms with Gasteiger partial charge in [0.25, 0.3) is 0 Å². The van der Waals surface area contributed by atoms with Gasteiger partial charge in [0.05, 0.1) is 15.5 Å². The van der Waals surface area contributed by atoms with E-state index in [0.29, 0.717) is 5.56 Å². The summed E-state index contributed by atoms with van der Waals surface area (Å²) < 4.78 is 41.2. The molecular weight excluding hydrogens is 357 g/mol. The Kier molecular flexibility index (Phi) is 4.70. The van der Waals surface area contributed by atoms with Crippen LogP contribution in [-0.2, 0) is 0 Å². The minimum absolute atomic E-state index is 0.0994. The van der Waals surface area contributed by atoms with E-state index in [1.165, 1.54) is 18.2 Å². The van der Waals surface area contributed by atoms with Gasteiger partial charge in [0.2, 0.25) is 0 Å². The molecule has 0 aromatic heterocycles. The molecule has 0 fully saturated rings. The largest absolute Gasteiger partial charge is 0.271 e. The van der Waals surface area contributed by atoms with E-state index < -0.39 is 23.5 Å². The van der Waals surface area contributed by atoms with Crippen LogP contribution in [0.25, 0.3) is 0 Å². The lowest BCUT2D eigenvalue weighted by Crippen LogP contribution is -2.30. The summed E-state index contributed by atoms with van der Waals surface area (Å²) in [6.07, 6.45) is 0. The first-order chi connectivity index (χ1) is 9.45. The molecule has 0 saturated carbocycles. The summed E-state index contributed by atoms with van der Waals surface area (Å²) in [5, 5.41) is -0.154. The number of rotatable bonds is 3. The van der Waals surface area contributed by atoms with Crippen molar-refractivity contribution in [2.75, 3.05) is 0 Å². The fourth-order valence-electron chi connectivity index (χ4n) is 1.85. The number of hydrogen-bond donors (Lipinski definition) is 2. The maximum Gasteiger partial charge on any atom is 0.145 e. The van der Waals surface area contributed by atoms with Gasteiger partial charge in [-0.2, -0.15) is 0 Å². The molecule has 0 aliphatic rings. The maximum absolute atomic E-state index is 14.1. The Morgan fingerprint density at radius 3 is 2.35 bits per heavy atom. The van der Waals surface area contributed by atoms with E-state index in [0.717, 1.165) is 12.1 Å². The lowest BCUT2D eigenvalue weighted by Gasteiger charge is -2.19. The molecule has 1 unspecified atom stereocenters. The summed E-state index contributed by atoms with van der Waals surface area (Å²) >= 11 is 8.65. The molecule has 2 rings (SSSR count). The minimum atomic E-state index is -0.995. The Morgan fingerprint density at radius 2 is 1.75 bits per heavy atom. The number of hydrogen-bond acceptors (Lipinski definition) is 2. The van der Waals surface area contributed by atoms with Gasteiger partial charge < -0.3 is 0 Å². The average Bonchev–Trinajstić information content (AvgIpc) is 2.42. The van der Waals surface area contributed by atoms with Crippen molar-refractivity contribution in [2.45, 2.75) is 6.04 Å². The second kappa shape index (κ2) is 6.13. The normalized spacial score (nSPS) is 12.5. The molecule has 0 aliphatic heterocycles. The summed E-state index contributed by atoms with van der Waals surface area (Å²) in [4.78, 5) is 0. The SMILES string of the molecule is NNC(c1ccc(F)c(Cl)c1)c1c(F)ccc(Br)c1F. The van der Waals surface area contributed by atoms with E-state index in [-0.39, 0.29) is 15.1 Å². The average molecular weight is 366 g/mol. The summed E-state index contributed by atoms with van der Waals surface area (Å²) in [6, 6.07) is 5.09. The van der Waals surface area contributed by atoms with Crippen LogP contribution in [0, 0.1) is 17.5 Å². The van der Waals surface area contributed by atoms with Crippen molar-refractivity contribution >= 4 is 27.5 Å². The number of halogens is 5. The number of hydrazine groups is 1. The third-order valence-electron chi connectivity index (χ3n) is 2.81. The van der Waals surface area contributed by atoms with E-state index in [4.69, 9.17) is 17.4 Å². The minimum Gasteiger partial charge on any atom is -0.271 e. The first-order valence-corrected chi connectivity index (χ1v) is 6.67. The Bertz CT molecular complexity index is 652. The van der Waals surface area contributed by atoms with Crippen LogP contribution in [0.5, 0.6) is 0 Å². The van der Waals surface area contributed by atoms with Crippen molar-refractivity contribution in [1.82, 2.24) is 5.43 Å². The molecule has 0 saturated heterocycles. The van der Waals surface area contributed by atoms with Gasteiger partial charge in [-0.1, -0.05) is 17.7 Å². The van der Waals surface area contributed by atoms with Crippen molar-refractivity contribution < 1.29 is 13.2 Å². The molecule has 20 heavy (non-hydrogen) atoms. The topological polar surface area (TPSA) is 38.0 Å². The van der Waals surface area contributed by atoms with E-state index in [1.54, 1.807) is 0 Å². The summed E-state index contributed by atoms with van der Waals surface area (Å²) in [5.41, 5.74) is 2.38. The van der Waals surface area contributed by atoms with Crippen molar-refractivity contribution in [3.05, 3.63) is 68.4 Å². The molecule has 0 spiro atoms. The zero-order valence-corrected chi connectivity index (χ0v) is 12.3. The van der Waals surface area contributed by atoms with Gasteiger partial charge in [-0.15, -0.1) is 0 Å². The molecule has 0 radical (unpaired) electrons. The fourth-order valence-corrected chi connectivity index (χ4v) is 2.38. The van der Waals surface area contributed by atoms with Crippen molar-refractivity contribution in [2.24, 2.45) is 5.84 Å². The Balaban J connectivity index is 2.58. The molecule has 1 atom stereocenters. The van der Waals surface area contributed by atoms with Gasteiger partial charge in [0.1, 0.15) is 17.5 Å². The van der Waals surface area contributed by atoms with Crippen LogP contribution in [0.15, 0.2) is 34.8 Å². The molecule has 2 aromatic carbocycles. The summed E-state index contributed by atoms with van der Waals surface area (Å²) in [5.74, 6) is 3.20. The summed E-state index contributed by atoms with van der Waals surface area (Å²) in [6.45, 7) is 0. The molecule has 0 bridgehead atoms. The maximum atomic E-state index is 14.1. The quantitative estimate of drug-likeness (QED) is 0.489. The van der Waals surface area contributed by atoms with Gasteiger partial charge in [0.15, 0.2) is 0 Å². The third kappa shape index (κ3) is 2.83. The van der Waals surface area contributed by atoms with Gasteiger partial charge in [0, 0.05) is 5.56 Å². The standard InChI is InChI=1S/C13H9BrClF3N2/c14-7-2-4-10(17)11(12(7)18)13(20-19)6-1-3-9(16)8(15)5-6/h1-5,13,20H,19H2. The predicted octanol–water partition coefficient (Wildman–Crippen LogP) is 4.07. The lowest BCUT2D eigenvalue weighted by atomic mass is 9.98. The van der Waals surface area contributed by atoms with Crippen LogP contribution in [0.4, 0.5) is 13.2 Å². The van der Waals surface area contributed by atoms with E-state index in [1.807, 2.05) is 0 Å². The Hall–Kier alpha value is -1.08. The van der Waals surface area contributed by atoms with Crippen molar-refractivity contribution in [1.29, 1.82) is 0 Å². The summed E-state index contributed by atoms with van der Waals surface area (Å²) in [7, 11) is 0. The molecule has 7 heteroatoms. The van der Waals surface area contributed by atoms with Crippen LogP contribution >= 0.6 is 27.5 Å². The molecule has 2 nitrogen and oxygen atoms in total. The van der Waals surface area contributed by atoms with E-state index in [9.17, 15) is 13.2 Å². The molecule has 2 aromatic rings. The molecule has 0 amide bonds. The van der Waals surface area contributed by atoms with Crippen LogP contribution < -0.4 is 11.3 Å². The number of nitrogens with two attached hydrogens (primary N) is 1. The predicted molar refractivity (Wildman–Crippen MR) is 74.6 cm³/mol. The van der Waals surface area contributed by atoms with Gasteiger partial charge >= 0.3 is 0 Å². The van der Waals surface area contributed by atoms with Crippen LogP contribution in [0.2, 0.25) is 5.02 Å². The first kappa shape index (κ1) is 15.3. The highest BCUT2D eigenvalue weighted by molar-refractivity contribution is 9.10. The van der Waals surface area contributed by atoms with Gasteiger partial charge in [-0.3, -0.25) is 5.84 Å². The molecule has 0 heterocycles. The zero-order valence-electron chi connectivity index (χ0n) is 9.93. The second-order valence-corrected chi connectivity index (χ2v) is 5.29. The monoisotopic (exact) mass is 364 g/mol. The van der Waals surface area contributed by atoms with Gasteiger partial charge in [-0.25, -0.2) is 18.6 Å². The van der Waals surface area contributed by atoms with Crippen LogP contribution in [0.3, 0.4) is 0 Å². The second-order valence-electron chi connectivity index (χ2n) is 4.03. The highest BCUT2D eigenvalue weighted by atomic mass is 79.9. The third-order valence-corrected chi connectivity index (χ3v) is 3.71. The van der Waals surface area contributed by atoms with Gasteiger partial charge in [-0.05, 0) is 45.8 Å². The molecule has 0 aliphatic carbocycles. The Morgan fingerprint density at radius 1 is 1.10 bits per heavy atom. The molecule has 106 valence electrons. The van der Waals surface area contributed by atoms with E-state index in [2.05, 4.69) is 21.4 Å². The van der Waals surface area contributed by atoms with E-state index >= 15 is 0 Å². The smallest absolute Gasteiger partial charge is 0.145 e. The first-order valence-electron chi connectivity index (χ1n) is 5.50. The van der Waals surface area contributed by atoms with Crippen molar-refractivity contribution in [3.8, 4) is 0 Å². The highest BCUT2D eigenvalue weighted by Crippen LogP contribution is 2.31. The van der Waals surface area contributed by atoms with Crippen molar-refractivity contribution in [3.63, 3.8) is 0 Å². The molecular formula is C13H9BrClF3N2. The number of benzene rings is 2. The zero-order chi connectivity index (χ0) is 14.9. The van der Waals surface area contributed by atoms with Crippen LogP contribution in [-0.4, -0.2) is 0 Å². The molecule has 3 N–H and O–H groups in total. The lowest BCUT2D eigenvalue weighted by molar-refractivity contribution is 0.507. The number of nitrogens with one attached hydrogen (secondary N) is 1. The van der Waals surface area contributed by atoms with Crippen LogP contribution in [0.1, 0.15) is 17.2 Å². The fraction of sp³-hybridized carbons (Fsp3) is 0.0769. The Labute approximate surface area is 126 Å².